The fraction of sp³-hybridized carbons (Fsp3) is 0.417. The summed E-state index contributed by atoms with van der Waals surface area (Å²) in [5.74, 6) is 0. The Morgan fingerprint density at radius 2 is 2.18 bits per heavy atom. The van der Waals surface area contributed by atoms with Gasteiger partial charge in [0.05, 0.1) is 4.83 Å². The molecule has 17 heavy (non-hydrogen) atoms. The third kappa shape index (κ3) is 3.21. The zero-order valence-electron chi connectivity index (χ0n) is 9.40. The molecule has 0 N–H and O–H groups in total. The van der Waals surface area contributed by atoms with E-state index in [4.69, 9.17) is 21.2 Å². The van der Waals surface area contributed by atoms with Gasteiger partial charge in [-0.3, -0.25) is 0 Å². The number of hydrogen-bond acceptors (Lipinski definition) is 3. The van der Waals surface area contributed by atoms with Gasteiger partial charge in [0.15, 0.2) is 0 Å². The average molecular weight is 319 g/mol. The Labute approximate surface area is 114 Å². The Bertz CT molecular complexity index is 407. The number of benzene rings is 1. The zero-order valence-corrected chi connectivity index (χ0v) is 11.7. The summed E-state index contributed by atoms with van der Waals surface area (Å²) in [6.45, 7) is 2.56. The third-order valence-electron chi connectivity index (χ3n) is 2.46. The molecular formula is C12H13BrClNO2. The maximum absolute atomic E-state index is 5.85. The second-order valence-electron chi connectivity index (χ2n) is 3.68. The van der Waals surface area contributed by atoms with Crippen molar-refractivity contribution < 1.29 is 9.57 Å². The topological polar surface area (TPSA) is 30.8 Å². The predicted octanol–water partition coefficient (Wildman–Crippen LogP) is 3.59. The maximum Gasteiger partial charge on any atom is 0.228 e. The summed E-state index contributed by atoms with van der Waals surface area (Å²) >= 11 is 9.45. The van der Waals surface area contributed by atoms with Crippen LogP contribution < -0.4 is 0 Å². The standard InChI is InChI=1S/C12H13BrClNO2/c1-2-16-11-7-10(13)12(15-17-11)8-3-5-9(14)6-4-8/h3-6,10-11H,2,7H2,1H3/t10-,11-/m0/s1. The molecule has 0 fully saturated rings. The molecule has 0 amide bonds. The molecule has 0 aromatic heterocycles. The predicted molar refractivity (Wildman–Crippen MR) is 71.8 cm³/mol. The van der Waals surface area contributed by atoms with E-state index < -0.39 is 0 Å². The Kier molecular flexibility index (Phi) is 4.42. The van der Waals surface area contributed by atoms with Crippen LogP contribution in [0, 0.1) is 0 Å². The van der Waals surface area contributed by atoms with Gasteiger partial charge in [-0.1, -0.05) is 44.8 Å². The van der Waals surface area contributed by atoms with Gasteiger partial charge in [-0.05, 0) is 19.1 Å². The summed E-state index contributed by atoms with van der Waals surface area (Å²) < 4.78 is 5.38. The fourth-order valence-electron chi connectivity index (χ4n) is 1.63. The van der Waals surface area contributed by atoms with Crippen molar-refractivity contribution in [3.63, 3.8) is 0 Å². The average Bonchev–Trinajstić information content (AvgIpc) is 2.31. The molecule has 1 aromatic rings. The van der Waals surface area contributed by atoms with Crippen molar-refractivity contribution in [1.29, 1.82) is 0 Å². The van der Waals surface area contributed by atoms with Crippen molar-refractivity contribution in [2.75, 3.05) is 6.61 Å². The zero-order chi connectivity index (χ0) is 12.3. The number of nitrogens with zero attached hydrogens (tertiary/aromatic N) is 1. The van der Waals surface area contributed by atoms with Gasteiger partial charge in [0.2, 0.25) is 6.29 Å². The van der Waals surface area contributed by atoms with E-state index in [-0.39, 0.29) is 11.1 Å². The Hall–Kier alpha value is -0.580. The number of rotatable bonds is 3. The van der Waals surface area contributed by atoms with Crippen molar-refractivity contribution in [3.05, 3.63) is 34.9 Å². The molecule has 5 heteroatoms. The molecule has 0 saturated carbocycles. The number of alkyl halides is 1. The number of ether oxygens (including phenoxy) is 1. The molecule has 1 heterocycles. The van der Waals surface area contributed by atoms with E-state index in [9.17, 15) is 0 Å². The lowest BCUT2D eigenvalue weighted by atomic mass is 10.1. The van der Waals surface area contributed by atoms with Gasteiger partial charge >= 0.3 is 0 Å². The van der Waals surface area contributed by atoms with Crippen LogP contribution >= 0.6 is 27.5 Å². The first-order valence-corrected chi connectivity index (χ1v) is 6.75. The summed E-state index contributed by atoms with van der Waals surface area (Å²) in [6.07, 6.45) is 0.482. The minimum atomic E-state index is -0.263. The molecule has 1 aliphatic heterocycles. The fourth-order valence-corrected chi connectivity index (χ4v) is 2.41. The van der Waals surface area contributed by atoms with E-state index in [2.05, 4.69) is 21.1 Å². The largest absolute Gasteiger partial charge is 0.363 e. The molecule has 1 aromatic carbocycles. The van der Waals surface area contributed by atoms with Crippen molar-refractivity contribution >= 4 is 33.2 Å². The van der Waals surface area contributed by atoms with E-state index in [1.54, 1.807) is 0 Å². The monoisotopic (exact) mass is 317 g/mol. The smallest absolute Gasteiger partial charge is 0.228 e. The van der Waals surface area contributed by atoms with Crippen LogP contribution in [-0.4, -0.2) is 23.4 Å². The van der Waals surface area contributed by atoms with Crippen LogP contribution in [0.2, 0.25) is 5.02 Å². The Balaban J connectivity index is 2.14. The van der Waals surface area contributed by atoms with Gasteiger partial charge in [0.1, 0.15) is 5.71 Å². The second kappa shape index (κ2) is 5.85. The summed E-state index contributed by atoms with van der Waals surface area (Å²) in [5.41, 5.74) is 1.88. The first kappa shape index (κ1) is 12.9. The number of oxime groups is 1. The Morgan fingerprint density at radius 3 is 2.76 bits per heavy atom. The SMILES string of the molecule is CCO[C@@H]1C[C@H](Br)C(c2ccc(Cl)cc2)=NO1. The maximum atomic E-state index is 5.85. The second-order valence-corrected chi connectivity index (χ2v) is 5.22. The molecule has 92 valence electrons. The molecule has 0 spiro atoms. The third-order valence-corrected chi connectivity index (χ3v) is 3.52. The first-order valence-electron chi connectivity index (χ1n) is 5.46. The lowest BCUT2D eigenvalue weighted by Gasteiger charge is -2.24. The molecule has 0 bridgehead atoms. The quantitative estimate of drug-likeness (QED) is 0.797. The van der Waals surface area contributed by atoms with Crippen LogP contribution in [0.3, 0.4) is 0 Å². The molecule has 0 radical (unpaired) electrons. The molecule has 2 rings (SSSR count). The van der Waals surface area contributed by atoms with Crippen LogP contribution in [0.4, 0.5) is 0 Å². The molecule has 0 saturated heterocycles. The van der Waals surface area contributed by atoms with E-state index in [0.717, 1.165) is 17.7 Å². The molecule has 3 nitrogen and oxygen atoms in total. The summed E-state index contributed by atoms with van der Waals surface area (Å²) in [5, 5.41) is 4.82. The molecule has 0 aliphatic carbocycles. The highest BCUT2D eigenvalue weighted by atomic mass is 79.9. The van der Waals surface area contributed by atoms with E-state index in [0.29, 0.717) is 11.6 Å². The highest BCUT2D eigenvalue weighted by Crippen LogP contribution is 2.24. The minimum absolute atomic E-state index is 0.133. The lowest BCUT2D eigenvalue weighted by Crippen LogP contribution is -2.30. The van der Waals surface area contributed by atoms with Crippen molar-refractivity contribution in [2.45, 2.75) is 24.5 Å². The highest BCUT2D eigenvalue weighted by molar-refractivity contribution is 9.10. The molecule has 1 aliphatic rings. The Morgan fingerprint density at radius 1 is 1.47 bits per heavy atom. The summed E-state index contributed by atoms with van der Waals surface area (Å²) in [6, 6.07) is 7.54. The number of halogens is 2. The summed E-state index contributed by atoms with van der Waals surface area (Å²) in [7, 11) is 0. The summed E-state index contributed by atoms with van der Waals surface area (Å²) in [4.78, 5) is 5.42. The van der Waals surface area contributed by atoms with Gasteiger partial charge in [-0.2, -0.15) is 0 Å². The van der Waals surface area contributed by atoms with E-state index in [1.807, 2.05) is 31.2 Å². The van der Waals surface area contributed by atoms with Crippen LogP contribution in [0.15, 0.2) is 29.4 Å². The van der Waals surface area contributed by atoms with Crippen molar-refractivity contribution in [1.82, 2.24) is 0 Å². The van der Waals surface area contributed by atoms with Crippen molar-refractivity contribution in [3.8, 4) is 0 Å². The van der Waals surface area contributed by atoms with Crippen molar-refractivity contribution in [2.24, 2.45) is 5.16 Å². The first-order chi connectivity index (χ1) is 8.20. The van der Waals surface area contributed by atoms with Gasteiger partial charge < -0.3 is 9.57 Å². The number of hydrogen-bond donors (Lipinski definition) is 0. The van der Waals surface area contributed by atoms with E-state index >= 15 is 0 Å². The lowest BCUT2D eigenvalue weighted by molar-refractivity contribution is -0.145. The van der Waals surface area contributed by atoms with Gasteiger partial charge in [0, 0.05) is 23.6 Å². The van der Waals surface area contributed by atoms with Crippen LogP contribution in [-0.2, 0) is 9.57 Å². The molecule has 0 unspecified atom stereocenters. The molecular weight excluding hydrogens is 305 g/mol. The van der Waals surface area contributed by atoms with Gasteiger partial charge in [-0.15, -0.1) is 0 Å². The van der Waals surface area contributed by atoms with Crippen LogP contribution in [0.25, 0.3) is 0 Å². The van der Waals surface area contributed by atoms with Crippen LogP contribution in [0.1, 0.15) is 18.9 Å². The van der Waals surface area contributed by atoms with Gasteiger partial charge in [-0.25, -0.2) is 0 Å². The van der Waals surface area contributed by atoms with Crippen LogP contribution in [0.5, 0.6) is 0 Å². The normalized spacial score (nSPS) is 24.1. The molecule has 2 atom stereocenters. The van der Waals surface area contributed by atoms with Gasteiger partial charge in [0.25, 0.3) is 0 Å². The highest BCUT2D eigenvalue weighted by Gasteiger charge is 2.26. The van der Waals surface area contributed by atoms with E-state index in [1.165, 1.54) is 0 Å². The minimum Gasteiger partial charge on any atom is -0.363 e.